The lowest BCUT2D eigenvalue weighted by Crippen LogP contribution is -2.24. The highest BCUT2D eigenvalue weighted by atomic mass is 79.9. The van der Waals surface area contributed by atoms with Crippen molar-refractivity contribution in [2.24, 2.45) is 0 Å². The largest absolute Gasteiger partial charge is 0.351 e. The zero-order valence-electron chi connectivity index (χ0n) is 7.46. The van der Waals surface area contributed by atoms with Gasteiger partial charge in [-0.1, -0.05) is 0 Å². The zero-order valence-corrected chi connectivity index (χ0v) is 9.04. The molecule has 1 rings (SSSR count). The summed E-state index contributed by atoms with van der Waals surface area (Å²) in [6.07, 6.45) is 8.72. The molecule has 0 atom stereocenters. The Bertz CT molecular complexity index is 371. The first-order chi connectivity index (χ1) is 6.74. The van der Waals surface area contributed by atoms with Crippen LogP contribution in [0.25, 0.3) is 0 Å². The Kier molecular flexibility index (Phi) is 4.14. The van der Waals surface area contributed by atoms with Crippen molar-refractivity contribution in [2.45, 2.75) is 6.42 Å². The lowest BCUT2D eigenvalue weighted by Gasteiger charge is -2.02. The molecule has 1 N–H and O–H groups in total. The van der Waals surface area contributed by atoms with Gasteiger partial charge in [-0.25, -0.2) is 0 Å². The van der Waals surface area contributed by atoms with Crippen molar-refractivity contribution in [2.75, 3.05) is 6.54 Å². The van der Waals surface area contributed by atoms with Crippen LogP contribution in [0.1, 0.15) is 16.8 Å². The number of nitrogens with one attached hydrogen (secondary N) is 1. The van der Waals surface area contributed by atoms with Gasteiger partial charge in [-0.15, -0.1) is 12.3 Å². The summed E-state index contributed by atoms with van der Waals surface area (Å²) in [6, 6.07) is 1.71. The molecular weight excluding hydrogens is 244 g/mol. The molecule has 0 bridgehead atoms. The van der Waals surface area contributed by atoms with E-state index in [9.17, 15) is 4.79 Å². The van der Waals surface area contributed by atoms with Crippen LogP contribution >= 0.6 is 15.9 Å². The standard InChI is InChI=1S/C10H9BrN2O/c1-2-3-4-13-10(14)8-5-9(11)7-12-6-8/h1,5-7H,3-4H2,(H,13,14). The van der Waals surface area contributed by atoms with E-state index in [0.29, 0.717) is 18.5 Å². The van der Waals surface area contributed by atoms with Crippen LogP contribution in [0.3, 0.4) is 0 Å². The topological polar surface area (TPSA) is 42.0 Å². The molecule has 0 spiro atoms. The average Bonchev–Trinajstić information content (AvgIpc) is 2.18. The molecular formula is C10H9BrN2O. The second kappa shape index (κ2) is 5.40. The molecule has 1 aromatic rings. The first kappa shape index (κ1) is 10.7. The minimum absolute atomic E-state index is 0.158. The predicted molar refractivity (Wildman–Crippen MR) is 57.7 cm³/mol. The molecule has 14 heavy (non-hydrogen) atoms. The quantitative estimate of drug-likeness (QED) is 0.656. The maximum atomic E-state index is 11.4. The van der Waals surface area contributed by atoms with E-state index in [4.69, 9.17) is 6.42 Å². The van der Waals surface area contributed by atoms with Gasteiger partial charge in [0.15, 0.2) is 0 Å². The highest BCUT2D eigenvalue weighted by Gasteiger charge is 2.04. The molecule has 3 nitrogen and oxygen atoms in total. The molecule has 0 unspecified atom stereocenters. The minimum atomic E-state index is -0.158. The summed E-state index contributed by atoms with van der Waals surface area (Å²) < 4.78 is 0.780. The Morgan fingerprint density at radius 1 is 1.64 bits per heavy atom. The molecule has 0 aromatic carbocycles. The summed E-state index contributed by atoms with van der Waals surface area (Å²) in [6.45, 7) is 0.488. The molecule has 1 amide bonds. The molecule has 0 aliphatic rings. The first-order valence-electron chi connectivity index (χ1n) is 4.06. The van der Waals surface area contributed by atoms with Gasteiger partial charge in [0.25, 0.3) is 5.91 Å². The fourth-order valence-corrected chi connectivity index (χ4v) is 1.25. The number of carbonyl (C=O) groups is 1. The Morgan fingerprint density at radius 2 is 2.43 bits per heavy atom. The van der Waals surface area contributed by atoms with E-state index in [2.05, 4.69) is 32.2 Å². The number of pyridine rings is 1. The number of rotatable bonds is 3. The number of terminal acetylenes is 1. The first-order valence-corrected chi connectivity index (χ1v) is 4.85. The third-order valence-electron chi connectivity index (χ3n) is 1.52. The number of halogens is 1. The van der Waals surface area contributed by atoms with Gasteiger partial charge in [0.2, 0.25) is 0 Å². The SMILES string of the molecule is C#CCCNC(=O)c1cncc(Br)c1. The van der Waals surface area contributed by atoms with Crippen molar-refractivity contribution in [3.63, 3.8) is 0 Å². The summed E-state index contributed by atoms with van der Waals surface area (Å²) in [7, 11) is 0. The van der Waals surface area contributed by atoms with Crippen LogP contribution in [-0.4, -0.2) is 17.4 Å². The van der Waals surface area contributed by atoms with Gasteiger partial charge >= 0.3 is 0 Å². The van der Waals surface area contributed by atoms with Gasteiger partial charge in [-0.05, 0) is 22.0 Å². The van der Waals surface area contributed by atoms with Crippen molar-refractivity contribution in [3.05, 3.63) is 28.5 Å². The van der Waals surface area contributed by atoms with E-state index >= 15 is 0 Å². The van der Waals surface area contributed by atoms with Gasteiger partial charge in [0, 0.05) is 29.8 Å². The molecule has 72 valence electrons. The second-order valence-corrected chi connectivity index (χ2v) is 3.52. The maximum Gasteiger partial charge on any atom is 0.252 e. The molecule has 0 aliphatic carbocycles. The van der Waals surface area contributed by atoms with E-state index in [1.54, 1.807) is 12.3 Å². The lowest BCUT2D eigenvalue weighted by atomic mass is 10.2. The van der Waals surface area contributed by atoms with Crippen LogP contribution < -0.4 is 5.32 Å². The van der Waals surface area contributed by atoms with Gasteiger partial charge in [0.1, 0.15) is 0 Å². The molecule has 0 saturated heterocycles. The van der Waals surface area contributed by atoms with E-state index in [0.717, 1.165) is 4.47 Å². The highest BCUT2D eigenvalue weighted by molar-refractivity contribution is 9.10. The van der Waals surface area contributed by atoms with Gasteiger partial charge in [-0.3, -0.25) is 9.78 Å². The number of amides is 1. The van der Waals surface area contributed by atoms with Crippen molar-refractivity contribution in [1.29, 1.82) is 0 Å². The summed E-state index contributed by atoms with van der Waals surface area (Å²) in [4.78, 5) is 15.3. The average molecular weight is 253 g/mol. The van der Waals surface area contributed by atoms with Crippen LogP contribution in [0, 0.1) is 12.3 Å². The number of hydrogen-bond donors (Lipinski definition) is 1. The van der Waals surface area contributed by atoms with Crippen LogP contribution in [0.2, 0.25) is 0 Å². The third-order valence-corrected chi connectivity index (χ3v) is 1.96. The minimum Gasteiger partial charge on any atom is -0.351 e. The molecule has 1 aromatic heterocycles. The van der Waals surface area contributed by atoms with E-state index in [1.165, 1.54) is 6.20 Å². The fraction of sp³-hybridized carbons (Fsp3) is 0.200. The Balaban J connectivity index is 2.57. The normalized spacial score (nSPS) is 9.14. The lowest BCUT2D eigenvalue weighted by molar-refractivity contribution is 0.0954. The number of hydrogen-bond acceptors (Lipinski definition) is 2. The molecule has 0 saturated carbocycles. The zero-order chi connectivity index (χ0) is 10.4. The van der Waals surface area contributed by atoms with Crippen molar-refractivity contribution in [3.8, 4) is 12.3 Å². The van der Waals surface area contributed by atoms with Crippen molar-refractivity contribution < 1.29 is 4.79 Å². The van der Waals surface area contributed by atoms with Crippen LogP contribution in [0.5, 0.6) is 0 Å². The van der Waals surface area contributed by atoms with E-state index < -0.39 is 0 Å². The van der Waals surface area contributed by atoms with Gasteiger partial charge < -0.3 is 5.32 Å². The number of nitrogens with zero attached hydrogens (tertiary/aromatic N) is 1. The van der Waals surface area contributed by atoms with Gasteiger partial charge in [-0.2, -0.15) is 0 Å². The number of carbonyl (C=O) groups excluding carboxylic acids is 1. The van der Waals surface area contributed by atoms with Crippen molar-refractivity contribution in [1.82, 2.24) is 10.3 Å². The Labute approximate surface area is 91.1 Å². The van der Waals surface area contributed by atoms with E-state index in [1.807, 2.05) is 0 Å². The molecule has 4 heteroatoms. The number of aromatic nitrogens is 1. The summed E-state index contributed by atoms with van der Waals surface area (Å²) >= 11 is 3.24. The van der Waals surface area contributed by atoms with Crippen molar-refractivity contribution >= 4 is 21.8 Å². The molecule has 1 heterocycles. The monoisotopic (exact) mass is 252 g/mol. The predicted octanol–water partition coefficient (Wildman–Crippen LogP) is 1.60. The summed E-state index contributed by atoms with van der Waals surface area (Å²) in [5.74, 6) is 2.29. The third kappa shape index (κ3) is 3.19. The molecule has 0 radical (unpaired) electrons. The molecule has 0 fully saturated rings. The van der Waals surface area contributed by atoms with Crippen LogP contribution in [0.4, 0.5) is 0 Å². The van der Waals surface area contributed by atoms with Crippen LogP contribution in [-0.2, 0) is 0 Å². The summed E-state index contributed by atoms with van der Waals surface area (Å²) in [5, 5.41) is 2.68. The van der Waals surface area contributed by atoms with E-state index in [-0.39, 0.29) is 5.91 Å². The molecule has 0 aliphatic heterocycles. The maximum absolute atomic E-state index is 11.4. The fourth-order valence-electron chi connectivity index (χ4n) is 0.886. The van der Waals surface area contributed by atoms with Gasteiger partial charge in [0.05, 0.1) is 5.56 Å². The second-order valence-electron chi connectivity index (χ2n) is 2.60. The summed E-state index contributed by atoms with van der Waals surface area (Å²) in [5.41, 5.74) is 0.524. The smallest absolute Gasteiger partial charge is 0.252 e. The Hall–Kier alpha value is -1.34. The van der Waals surface area contributed by atoms with Crippen LogP contribution in [0.15, 0.2) is 22.9 Å². The highest BCUT2D eigenvalue weighted by Crippen LogP contribution is 2.09. The Morgan fingerprint density at radius 3 is 3.07 bits per heavy atom.